The number of hydrogen-bond acceptors (Lipinski definition) is 3. The monoisotopic (exact) mass is 231 g/mol. The molecule has 17 heavy (non-hydrogen) atoms. The largest absolute Gasteiger partial charge is 0.481 e. The summed E-state index contributed by atoms with van der Waals surface area (Å²) in [7, 11) is 0. The van der Waals surface area contributed by atoms with E-state index in [9.17, 15) is 4.79 Å². The van der Waals surface area contributed by atoms with Crippen LogP contribution in [-0.2, 0) is 17.8 Å². The van der Waals surface area contributed by atoms with Crippen molar-refractivity contribution in [2.45, 2.75) is 19.4 Å². The smallest absolute Gasteiger partial charge is 0.305 e. The molecule has 0 saturated heterocycles. The molecule has 1 aromatic heterocycles. The van der Waals surface area contributed by atoms with Gasteiger partial charge in [-0.25, -0.2) is 0 Å². The molecule has 1 N–H and O–H groups in total. The first-order chi connectivity index (χ1) is 8.24. The number of aromatic nitrogens is 3. The first-order valence-corrected chi connectivity index (χ1v) is 5.39. The Kier molecular flexibility index (Phi) is 3.49. The van der Waals surface area contributed by atoms with Crippen LogP contribution in [0.3, 0.4) is 0 Å². The second-order valence-electron chi connectivity index (χ2n) is 3.78. The molecule has 5 nitrogen and oxygen atoms in total. The van der Waals surface area contributed by atoms with Gasteiger partial charge in [0.2, 0.25) is 0 Å². The summed E-state index contributed by atoms with van der Waals surface area (Å²) in [6.45, 7) is 0.358. The normalized spacial score (nSPS) is 10.4. The predicted octanol–water partition coefficient (Wildman–Crippen LogP) is 1.34. The van der Waals surface area contributed by atoms with Gasteiger partial charge in [0.15, 0.2) is 0 Å². The van der Waals surface area contributed by atoms with Gasteiger partial charge in [-0.2, -0.15) is 0 Å². The van der Waals surface area contributed by atoms with Gasteiger partial charge in [0, 0.05) is 12.6 Å². The Morgan fingerprint density at radius 2 is 2.06 bits per heavy atom. The highest BCUT2D eigenvalue weighted by Gasteiger charge is 2.03. The summed E-state index contributed by atoms with van der Waals surface area (Å²) in [4.78, 5) is 10.4. The van der Waals surface area contributed by atoms with Gasteiger partial charge >= 0.3 is 5.97 Å². The molecule has 0 aliphatic heterocycles. The highest BCUT2D eigenvalue weighted by molar-refractivity contribution is 5.66. The van der Waals surface area contributed by atoms with Gasteiger partial charge in [-0.05, 0) is 5.56 Å². The summed E-state index contributed by atoms with van der Waals surface area (Å²) in [5, 5.41) is 16.5. The zero-order valence-corrected chi connectivity index (χ0v) is 9.28. The number of carboxylic acids is 1. The van der Waals surface area contributed by atoms with E-state index in [4.69, 9.17) is 5.11 Å². The Balaban J connectivity index is 1.97. The second-order valence-corrected chi connectivity index (χ2v) is 3.78. The van der Waals surface area contributed by atoms with Crippen LogP contribution in [-0.4, -0.2) is 26.1 Å². The number of aliphatic carboxylic acids is 1. The van der Waals surface area contributed by atoms with Crippen molar-refractivity contribution in [1.82, 2.24) is 15.0 Å². The molecule has 2 rings (SSSR count). The van der Waals surface area contributed by atoms with E-state index in [1.54, 1.807) is 10.9 Å². The van der Waals surface area contributed by atoms with Gasteiger partial charge in [-0.3, -0.25) is 9.48 Å². The Labute approximate surface area is 98.7 Å². The Morgan fingerprint density at radius 1 is 1.29 bits per heavy atom. The van der Waals surface area contributed by atoms with Gasteiger partial charge in [0.05, 0.1) is 18.7 Å². The molecule has 0 aliphatic carbocycles. The molecule has 5 heteroatoms. The first-order valence-electron chi connectivity index (χ1n) is 5.39. The SMILES string of the molecule is O=C(O)CCn1cc(Cc2ccccc2)nn1. The van der Waals surface area contributed by atoms with E-state index in [1.807, 2.05) is 30.3 Å². The van der Waals surface area contributed by atoms with E-state index < -0.39 is 5.97 Å². The maximum absolute atomic E-state index is 10.4. The fourth-order valence-corrected chi connectivity index (χ4v) is 1.54. The molecule has 0 bridgehead atoms. The van der Waals surface area contributed by atoms with Crippen LogP contribution in [0.2, 0.25) is 0 Å². The number of rotatable bonds is 5. The van der Waals surface area contributed by atoms with E-state index in [2.05, 4.69) is 10.3 Å². The summed E-state index contributed by atoms with van der Waals surface area (Å²) >= 11 is 0. The van der Waals surface area contributed by atoms with Crippen molar-refractivity contribution in [3.05, 3.63) is 47.8 Å². The molecule has 0 fully saturated rings. The molecule has 0 saturated carbocycles. The van der Waals surface area contributed by atoms with Crippen LogP contribution >= 0.6 is 0 Å². The van der Waals surface area contributed by atoms with Crippen molar-refractivity contribution in [2.24, 2.45) is 0 Å². The van der Waals surface area contributed by atoms with Crippen molar-refractivity contribution in [3.8, 4) is 0 Å². The second kappa shape index (κ2) is 5.25. The molecule has 0 spiro atoms. The highest BCUT2D eigenvalue weighted by atomic mass is 16.4. The Hall–Kier alpha value is -2.17. The average molecular weight is 231 g/mol. The maximum atomic E-state index is 10.4. The minimum absolute atomic E-state index is 0.0636. The van der Waals surface area contributed by atoms with Crippen LogP contribution in [0.5, 0.6) is 0 Å². The number of benzene rings is 1. The van der Waals surface area contributed by atoms with E-state index in [1.165, 1.54) is 0 Å². The van der Waals surface area contributed by atoms with Crippen molar-refractivity contribution in [2.75, 3.05) is 0 Å². The summed E-state index contributed by atoms with van der Waals surface area (Å²) in [6.07, 6.45) is 2.57. The van der Waals surface area contributed by atoms with Gasteiger partial charge in [-0.1, -0.05) is 35.5 Å². The van der Waals surface area contributed by atoms with Crippen LogP contribution in [0.15, 0.2) is 36.5 Å². The number of carboxylic acid groups (broad SMARTS) is 1. The molecular weight excluding hydrogens is 218 g/mol. The summed E-state index contributed by atoms with van der Waals surface area (Å²) < 4.78 is 1.56. The highest BCUT2D eigenvalue weighted by Crippen LogP contribution is 2.06. The lowest BCUT2D eigenvalue weighted by atomic mass is 10.1. The minimum atomic E-state index is -0.829. The zero-order valence-electron chi connectivity index (χ0n) is 9.28. The lowest BCUT2D eigenvalue weighted by Gasteiger charge is -1.96. The standard InChI is InChI=1S/C12H13N3O2/c16-12(17)6-7-15-9-11(13-14-15)8-10-4-2-1-3-5-10/h1-5,9H,6-8H2,(H,16,17). The van der Waals surface area contributed by atoms with Gasteiger partial charge < -0.3 is 5.11 Å². The number of carbonyl (C=O) groups is 1. The van der Waals surface area contributed by atoms with Crippen LogP contribution < -0.4 is 0 Å². The average Bonchev–Trinajstić information content (AvgIpc) is 2.75. The third-order valence-electron chi connectivity index (χ3n) is 2.37. The summed E-state index contributed by atoms with van der Waals surface area (Å²) in [5.41, 5.74) is 2.01. The van der Waals surface area contributed by atoms with Crippen LogP contribution in [0.4, 0.5) is 0 Å². The van der Waals surface area contributed by atoms with E-state index in [-0.39, 0.29) is 6.42 Å². The Bertz CT molecular complexity index is 493. The molecule has 0 radical (unpaired) electrons. The van der Waals surface area contributed by atoms with Crippen molar-refractivity contribution >= 4 is 5.97 Å². The lowest BCUT2D eigenvalue weighted by Crippen LogP contribution is -2.04. The Morgan fingerprint density at radius 3 is 2.76 bits per heavy atom. The number of aryl methyl sites for hydroxylation is 1. The molecular formula is C12H13N3O2. The van der Waals surface area contributed by atoms with Gasteiger partial charge in [0.1, 0.15) is 0 Å². The molecule has 0 atom stereocenters. The van der Waals surface area contributed by atoms with E-state index >= 15 is 0 Å². The topological polar surface area (TPSA) is 68.0 Å². The predicted molar refractivity (Wildman–Crippen MR) is 61.5 cm³/mol. The maximum Gasteiger partial charge on any atom is 0.305 e. The minimum Gasteiger partial charge on any atom is -0.481 e. The molecule has 0 amide bonds. The molecule has 2 aromatic rings. The van der Waals surface area contributed by atoms with Crippen molar-refractivity contribution in [3.63, 3.8) is 0 Å². The lowest BCUT2D eigenvalue weighted by molar-refractivity contribution is -0.137. The van der Waals surface area contributed by atoms with Gasteiger partial charge in [0.25, 0.3) is 0 Å². The fourth-order valence-electron chi connectivity index (χ4n) is 1.54. The fraction of sp³-hybridized carbons (Fsp3) is 0.250. The van der Waals surface area contributed by atoms with Crippen LogP contribution in [0, 0.1) is 0 Å². The zero-order chi connectivity index (χ0) is 12.1. The molecule has 88 valence electrons. The van der Waals surface area contributed by atoms with Crippen molar-refractivity contribution in [1.29, 1.82) is 0 Å². The van der Waals surface area contributed by atoms with E-state index in [0.29, 0.717) is 13.0 Å². The van der Waals surface area contributed by atoms with Crippen molar-refractivity contribution < 1.29 is 9.90 Å². The van der Waals surface area contributed by atoms with Crippen LogP contribution in [0.25, 0.3) is 0 Å². The number of nitrogens with zero attached hydrogens (tertiary/aromatic N) is 3. The molecule has 0 aliphatic rings. The molecule has 1 aromatic carbocycles. The molecule has 1 heterocycles. The van der Waals surface area contributed by atoms with Gasteiger partial charge in [-0.15, -0.1) is 5.10 Å². The summed E-state index contributed by atoms with van der Waals surface area (Å²) in [6, 6.07) is 9.97. The summed E-state index contributed by atoms with van der Waals surface area (Å²) in [5.74, 6) is -0.829. The quantitative estimate of drug-likeness (QED) is 0.843. The first kappa shape index (κ1) is 11.3. The molecule has 0 unspecified atom stereocenters. The third kappa shape index (κ3) is 3.41. The van der Waals surface area contributed by atoms with E-state index in [0.717, 1.165) is 11.3 Å². The third-order valence-corrected chi connectivity index (χ3v) is 2.37. The van der Waals surface area contributed by atoms with Crippen LogP contribution in [0.1, 0.15) is 17.7 Å². The number of hydrogen-bond donors (Lipinski definition) is 1.